The van der Waals surface area contributed by atoms with Crippen molar-refractivity contribution in [1.82, 2.24) is 9.88 Å². The summed E-state index contributed by atoms with van der Waals surface area (Å²) in [6.45, 7) is 4.94. The highest BCUT2D eigenvalue weighted by Gasteiger charge is 2.29. The van der Waals surface area contributed by atoms with Gasteiger partial charge >= 0.3 is 0 Å². The molecule has 0 unspecified atom stereocenters. The maximum absolute atomic E-state index is 13.4. The summed E-state index contributed by atoms with van der Waals surface area (Å²) in [5.41, 5.74) is 4.16. The molecule has 1 saturated heterocycles. The van der Waals surface area contributed by atoms with Crippen molar-refractivity contribution in [2.45, 2.75) is 32.4 Å². The number of likely N-dealkylation sites (tertiary alicyclic amines) is 1. The monoisotopic (exact) mass is 385 g/mol. The van der Waals surface area contributed by atoms with Gasteiger partial charge in [-0.3, -0.25) is 14.7 Å². The van der Waals surface area contributed by atoms with Gasteiger partial charge in [-0.2, -0.15) is 0 Å². The van der Waals surface area contributed by atoms with Gasteiger partial charge < -0.3 is 4.90 Å². The lowest BCUT2D eigenvalue weighted by Crippen LogP contribution is -2.47. The molecule has 148 valence electrons. The molecule has 0 spiro atoms. The lowest BCUT2D eigenvalue weighted by atomic mass is 10.00. The molecule has 3 aromatic rings. The minimum absolute atomic E-state index is 0.0835. The van der Waals surface area contributed by atoms with E-state index < -0.39 is 0 Å². The summed E-state index contributed by atoms with van der Waals surface area (Å²) in [7, 11) is 0. The van der Waals surface area contributed by atoms with E-state index in [1.807, 2.05) is 53.7 Å². The number of benzene rings is 2. The van der Waals surface area contributed by atoms with Crippen LogP contribution in [-0.2, 0) is 6.54 Å². The highest BCUT2D eigenvalue weighted by atomic mass is 16.2. The number of amides is 1. The number of piperidine rings is 1. The fourth-order valence-corrected chi connectivity index (χ4v) is 4.00. The summed E-state index contributed by atoms with van der Waals surface area (Å²) >= 11 is 0. The Morgan fingerprint density at radius 1 is 1.00 bits per heavy atom. The lowest BCUT2D eigenvalue weighted by molar-refractivity contribution is 0.0958. The number of carbonyl (C=O) groups is 1. The standard InChI is InChI=1S/C25H27N3O/c1-20-9-11-23(12-10-20)28(25(29)22-7-3-2-4-8-22)24-13-16-27(17-14-24)19-21-6-5-15-26-18-21/h2-12,15,18,24H,13-14,16-17,19H2,1H3. The smallest absolute Gasteiger partial charge is 0.258 e. The highest BCUT2D eigenvalue weighted by Crippen LogP contribution is 2.27. The van der Waals surface area contributed by atoms with Gasteiger partial charge in [0.05, 0.1) is 0 Å². The minimum atomic E-state index is 0.0835. The van der Waals surface area contributed by atoms with E-state index in [1.165, 1.54) is 11.1 Å². The normalized spacial score (nSPS) is 15.2. The van der Waals surface area contributed by atoms with Crippen LogP contribution in [-0.4, -0.2) is 34.9 Å². The molecular weight excluding hydrogens is 358 g/mol. The van der Waals surface area contributed by atoms with E-state index in [2.05, 4.69) is 47.1 Å². The molecule has 2 heterocycles. The largest absolute Gasteiger partial charge is 0.305 e. The van der Waals surface area contributed by atoms with Crippen molar-refractivity contribution in [3.8, 4) is 0 Å². The third-order valence-electron chi connectivity index (χ3n) is 5.60. The summed E-state index contributed by atoms with van der Waals surface area (Å²) in [5, 5.41) is 0. The molecule has 1 aliphatic heterocycles. The van der Waals surface area contributed by atoms with Gasteiger partial charge in [0.15, 0.2) is 0 Å². The number of hydrogen-bond acceptors (Lipinski definition) is 3. The van der Waals surface area contributed by atoms with Crippen LogP contribution < -0.4 is 4.90 Å². The maximum Gasteiger partial charge on any atom is 0.258 e. The van der Waals surface area contributed by atoms with Gasteiger partial charge in [0, 0.05) is 49.3 Å². The second-order valence-corrected chi connectivity index (χ2v) is 7.75. The average Bonchev–Trinajstić information content (AvgIpc) is 2.78. The predicted molar refractivity (Wildman–Crippen MR) is 117 cm³/mol. The van der Waals surface area contributed by atoms with Gasteiger partial charge in [0.25, 0.3) is 5.91 Å². The van der Waals surface area contributed by atoms with Gasteiger partial charge in [0.1, 0.15) is 0 Å². The van der Waals surface area contributed by atoms with Crippen LogP contribution in [0.2, 0.25) is 0 Å². The van der Waals surface area contributed by atoms with E-state index in [4.69, 9.17) is 0 Å². The van der Waals surface area contributed by atoms with Crippen molar-refractivity contribution in [2.24, 2.45) is 0 Å². The summed E-state index contributed by atoms with van der Waals surface area (Å²) in [5.74, 6) is 0.0835. The Labute approximate surface area is 172 Å². The molecule has 0 N–H and O–H groups in total. The van der Waals surface area contributed by atoms with Gasteiger partial charge in [-0.25, -0.2) is 0 Å². The Kier molecular flexibility index (Phi) is 6.01. The Morgan fingerprint density at radius 3 is 2.38 bits per heavy atom. The van der Waals surface area contributed by atoms with E-state index in [-0.39, 0.29) is 11.9 Å². The van der Waals surface area contributed by atoms with Crippen LogP contribution in [0.5, 0.6) is 0 Å². The fourth-order valence-electron chi connectivity index (χ4n) is 4.00. The van der Waals surface area contributed by atoms with Gasteiger partial charge in [0.2, 0.25) is 0 Å². The zero-order valence-corrected chi connectivity index (χ0v) is 16.9. The van der Waals surface area contributed by atoms with Gasteiger partial charge in [-0.05, 0) is 55.7 Å². The third-order valence-corrected chi connectivity index (χ3v) is 5.60. The van der Waals surface area contributed by atoms with Crippen molar-refractivity contribution in [1.29, 1.82) is 0 Å². The van der Waals surface area contributed by atoms with Crippen LogP contribution in [0.15, 0.2) is 79.1 Å². The number of aromatic nitrogens is 1. The van der Waals surface area contributed by atoms with E-state index in [9.17, 15) is 4.79 Å². The highest BCUT2D eigenvalue weighted by molar-refractivity contribution is 6.06. The first-order valence-corrected chi connectivity index (χ1v) is 10.3. The summed E-state index contributed by atoms with van der Waals surface area (Å²) in [6, 6.07) is 22.2. The SMILES string of the molecule is Cc1ccc(N(C(=O)c2ccccc2)C2CCN(Cc3cccnc3)CC2)cc1. The minimum Gasteiger partial charge on any atom is -0.305 e. The predicted octanol–water partition coefficient (Wildman–Crippen LogP) is 4.70. The number of nitrogens with zero attached hydrogens (tertiary/aromatic N) is 3. The quantitative estimate of drug-likeness (QED) is 0.639. The van der Waals surface area contributed by atoms with Gasteiger partial charge in [-0.1, -0.05) is 42.0 Å². The molecule has 0 atom stereocenters. The number of carbonyl (C=O) groups excluding carboxylic acids is 1. The maximum atomic E-state index is 13.4. The molecule has 2 aromatic carbocycles. The van der Waals surface area contributed by atoms with Crippen molar-refractivity contribution in [3.63, 3.8) is 0 Å². The zero-order valence-electron chi connectivity index (χ0n) is 16.9. The summed E-state index contributed by atoms with van der Waals surface area (Å²) < 4.78 is 0. The zero-order chi connectivity index (χ0) is 20.1. The van der Waals surface area contributed by atoms with E-state index >= 15 is 0 Å². The van der Waals surface area contributed by atoms with Crippen LogP contribution >= 0.6 is 0 Å². The van der Waals surface area contributed by atoms with Crippen LogP contribution in [0, 0.1) is 6.92 Å². The number of anilines is 1. The van der Waals surface area contributed by atoms with E-state index in [0.717, 1.165) is 43.7 Å². The van der Waals surface area contributed by atoms with Gasteiger partial charge in [-0.15, -0.1) is 0 Å². The first kappa shape index (κ1) is 19.3. The van der Waals surface area contributed by atoms with Crippen LogP contribution in [0.3, 0.4) is 0 Å². The molecule has 1 aliphatic rings. The number of aryl methyl sites for hydroxylation is 1. The number of pyridine rings is 1. The van der Waals surface area contributed by atoms with Crippen LogP contribution in [0.1, 0.15) is 34.3 Å². The van der Waals surface area contributed by atoms with Crippen LogP contribution in [0.4, 0.5) is 5.69 Å². The number of rotatable bonds is 5. The first-order valence-electron chi connectivity index (χ1n) is 10.3. The Morgan fingerprint density at radius 2 is 1.72 bits per heavy atom. The second kappa shape index (κ2) is 9.01. The molecule has 1 aromatic heterocycles. The molecule has 0 radical (unpaired) electrons. The molecule has 1 amide bonds. The topological polar surface area (TPSA) is 36.4 Å². The lowest BCUT2D eigenvalue weighted by Gasteiger charge is -2.38. The van der Waals surface area contributed by atoms with Crippen molar-refractivity contribution < 1.29 is 4.79 Å². The van der Waals surface area contributed by atoms with Crippen molar-refractivity contribution in [3.05, 3.63) is 95.8 Å². The molecule has 4 rings (SSSR count). The third kappa shape index (κ3) is 4.72. The number of hydrogen-bond donors (Lipinski definition) is 0. The Bertz CT molecular complexity index is 917. The average molecular weight is 386 g/mol. The van der Waals surface area contributed by atoms with E-state index in [0.29, 0.717) is 0 Å². The molecule has 0 saturated carbocycles. The molecular formula is C25H27N3O. The van der Waals surface area contributed by atoms with Crippen molar-refractivity contribution in [2.75, 3.05) is 18.0 Å². The van der Waals surface area contributed by atoms with Crippen LogP contribution in [0.25, 0.3) is 0 Å². The second-order valence-electron chi connectivity index (χ2n) is 7.75. The molecule has 0 bridgehead atoms. The summed E-state index contributed by atoms with van der Waals surface area (Å²) in [6.07, 6.45) is 5.67. The Hall–Kier alpha value is -2.98. The van der Waals surface area contributed by atoms with E-state index in [1.54, 1.807) is 0 Å². The first-order chi connectivity index (χ1) is 14.2. The van der Waals surface area contributed by atoms with Crippen molar-refractivity contribution >= 4 is 11.6 Å². The fraction of sp³-hybridized carbons (Fsp3) is 0.280. The molecule has 4 heteroatoms. The Balaban J connectivity index is 1.51. The molecule has 1 fully saturated rings. The molecule has 29 heavy (non-hydrogen) atoms. The molecule has 4 nitrogen and oxygen atoms in total. The summed E-state index contributed by atoms with van der Waals surface area (Å²) in [4.78, 5) is 22.1. The molecule has 0 aliphatic carbocycles.